The Kier molecular flexibility index (Phi) is 2.32. The summed E-state index contributed by atoms with van der Waals surface area (Å²) in [6.07, 6.45) is 0.645. The van der Waals surface area contributed by atoms with Crippen molar-refractivity contribution in [3.05, 3.63) is 22.1 Å². The van der Waals surface area contributed by atoms with Crippen LogP contribution in [0.25, 0.3) is 0 Å². The number of rotatable bonds is 3. The molecular formula is C7H10N2O3. The Hall–Kier alpha value is -1.52. The van der Waals surface area contributed by atoms with Gasteiger partial charge in [-0.1, -0.05) is 6.92 Å². The second kappa shape index (κ2) is 3.25. The van der Waals surface area contributed by atoms with Gasteiger partial charge in [0.25, 0.3) is 5.56 Å². The lowest BCUT2D eigenvalue weighted by atomic mass is 10.3. The number of hydrogen-bond acceptors (Lipinski definition) is 2. The van der Waals surface area contributed by atoms with Crippen LogP contribution in [0.5, 0.6) is 0 Å². The Bertz CT molecular complexity index is 337. The molecule has 0 bridgehead atoms. The number of aromatic nitrogens is 2. The molecule has 1 heterocycles. The van der Waals surface area contributed by atoms with Gasteiger partial charge in [0.05, 0.1) is 0 Å². The monoisotopic (exact) mass is 170 g/mol. The second-order valence-corrected chi connectivity index (χ2v) is 2.45. The summed E-state index contributed by atoms with van der Waals surface area (Å²) in [5, 5.41) is 10.9. The van der Waals surface area contributed by atoms with Gasteiger partial charge in [0.1, 0.15) is 6.54 Å². The Morgan fingerprint density at radius 1 is 1.75 bits per heavy atom. The van der Waals surface area contributed by atoms with Crippen molar-refractivity contribution in [2.75, 3.05) is 0 Å². The third-order valence-corrected chi connectivity index (χ3v) is 1.55. The minimum Gasteiger partial charge on any atom is -0.480 e. The molecule has 0 aromatic carbocycles. The lowest BCUT2D eigenvalue weighted by Gasteiger charge is -2.01. The molecule has 0 unspecified atom stereocenters. The zero-order valence-electron chi connectivity index (χ0n) is 6.70. The van der Waals surface area contributed by atoms with Crippen LogP contribution in [-0.2, 0) is 17.8 Å². The molecule has 5 nitrogen and oxygen atoms in total. The van der Waals surface area contributed by atoms with Crippen molar-refractivity contribution in [3.63, 3.8) is 0 Å². The molecule has 1 rings (SSSR count). The first-order valence-corrected chi connectivity index (χ1v) is 3.64. The first-order chi connectivity index (χ1) is 5.63. The molecular weight excluding hydrogens is 160 g/mol. The third kappa shape index (κ3) is 1.75. The standard InChI is InChI=1S/C7H10N2O3/c1-2-5-3-6(10)8-9(5)4-7(11)12/h3H,2,4H2,1H3,(H,8,10)(H,11,12). The summed E-state index contributed by atoms with van der Waals surface area (Å²) in [5.74, 6) is -0.962. The average molecular weight is 170 g/mol. The fraction of sp³-hybridized carbons (Fsp3) is 0.429. The van der Waals surface area contributed by atoms with Gasteiger partial charge < -0.3 is 5.11 Å². The van der Waals surface area contributed by atoms with Gasteiger partial charge in [-0.05, 0) is 6.42 Å². The lowest BCUT2D eigenvalue weighted by Crippen LogP contribution is -2.14. The van der Waals surface area contributed by atoms with Crippen LogP contribution in [0.4, 0.5) is 0 Å². The fourth-order valence-electron chi connectivity index (χ4n) is 1.04. The van der Waals surface area contributed by atoms with E-state index in [1.807, 2.05) is 6.92 Å². The predicted octanol–water partition coefficient (Wildman–Crippen LogP) is -0.177. The van der Waals surface area contributed by atoms with Crippen LogP contribution >= 0.6 is 0 Å². The molecule has 0 saturated heterocycles. The van der Waals surface area contributed by atoms with Crippen LogP contribution in [0.15, 0.2) is 10.9 Å². The first kappa shape index (κ1) is 8.58. The molecule has 2 N–H and O–H groups in total. The van der Waals surface area contributed by atoms with Crippen LogP contribution < -0.4 is 5.56 Å². The largest absolute Gasteiger partial charge is 0.480 e. The molecule has 12 heavy (non-hydrogen) atoms. The van der Waals surface area contributed by atoms with Crippen LogP contribution in [-0.4, -0.2) is 20.9 Å². The number of carboxylic acids is 1. The van der Waals surface area contributed by atoms with Gasteiger partial charge in [-0.2, -0.15) is 0 Å². The summed E-state index contributed by atoms with van der Waals surface area (Å²) >= 11 is 0. The molecule has 5 heteroatoms. The molecule has 0 aliphatic rings. The average Bonchev–Trinajstić information content (AvgIpc) is 2.29. The van der Waals surface area contributed by atoms with Gasteiger partial charge in [0, 0.05) is 11.8 Å². The van der Waals surface area contributed by atoms with E-state index in [2.05, 4.69) is 5.10 Å². The van der Waals surface area contributed by atoms with Gasteiger partial charge in [0.15, 0.2) is 0 Å². The number of hydrogen-bond donors (Lipinski definition) is 2. The van der Waals surface area contributed by atoms with Crippen molar-refractivity contribution in [3.8, 4) is 0 Å². The quantitative estimate of drug-likeness (QED) is 0.661. The second-order valence-electron chi connectivity index (χ2n) is 2.45. The summed E-state index contributed by atoms with van der Waals surface area (Å²) in [7, 11) is 0. The van der Waals surface area contributed by atoms with Crippen molar-refractivity contribution >= 4 is 5.97 Å². The predicted molar refractivity (Wildman–Crippen MR) is 42.1 cm³/mol. The third-order valence-electron chi connectivity index (χ3n) is 1.55. The van der Waals surface area contributed by atoms with E-state index in [0.717, 1.165) is 0 Å². The highest BCUT2D eigenvalue weighted by Crippen LogP contribution is 1.95. The van der Waals surface area contributed by atoms with Gasteiger partial charge in [-0.25, -0.2) is 0 Å². The van der Waals surface area contributed by atoms with E-state index in [-0.39, 0.29) is 12.1 Å². The number of aromatic amines is 1. The lowest BCUT2D eigenvalue weighted by molar-refractivity contribution is -0.137. The Labute approximate surface area is 68.6 Å². The topological polar surface area (TPSA) is 75.1 Å². The molecule has 0 spiro atoms. The van der Waals surface area contributed by atoms with Crippen LogP contribution in [0.3, 0.4) is 0 Å². The summed E-state index contributed by atoms with van der Waals surface area (Å²) in [4.78, 5) is 21.1. The first-order valence-electron chi connectivity index (χ1n) is 3.64. The fourth-order valence-corrected chi connectivity index (χ4v) is 1.04. The highest BCUT2D eigenvalue weighted by atomic mass is 16.4. The SMILES string of the molecule is CCc1cc(=O)[nH]n1CC(=O)O. The van der Waals surface area contributed by atoms with E-state index in [1.165, 1.54) is 10.7 Å². The molecule has 66 valence electrons. The number of carboxylic acid groups (broad SMARTS) is 1. The van der Waals surface area contributed by atoms with E-state index in [1.54, 1.807) is 0 Å². The maximum Gasteiger partial charge on any atom is 0.325 e. The summed E-state index contributed by atoms with van der Waals surface area (Å²) in [6, 6.07) is 1.41. The van der Waals surface area contributed by atoms with Crippen molar-refractivity contribution in [2.24, 2.45) is 0 Å². The highest BCUT2D eigenvalue weighted by molar-refractivity contribution is 5.66. The highest BCUT2D eigenvalue weighted by Gasteiger charge is 2.04. The van der Waals surface area contributed by atoms with Gasteiger partial charge in [-0.15, -0.1) is 0 Å². The maximum atomic E-state index is 10.8. The molecule has 1 aromatic heterocycles. The molecule has 0 atom stereocenters. The minimum atomic E-state index is -0.962. The van der Waals surface area contributed by atoms with Crippen molar-refractivity contribution in [1.82, 2.24) is 9.78 Å². The molecule has 0 fully saturated rings. The number of nitrogens with zero attached hydrogens (tertiary/aromatic N) is 1. The zero-order chi connectivity index (χ0) is 9.14. The summed E-state index contributed by atoms with van der Waals surface area (Å²) in [5.41, 5.74) is 0.454. The normalized spacial score (nSPS) is 10.1. The van der Waals surface area contributed by atoms with Gasteiger partial charge in [-0.3, -0.25) is 19.4 Å². The number of aliphatic carboxylic acids is 1. The molecule has 1 aromatic rings. The van der Waals surface area contributed by atoms with Crippen molar-refractivity contribution in [1.29, 1.82) is 0 Å². The van der Waals surface area contributed by atoms with E-state index < -0.39 is 5.97 Å². The number of nitrogens with one attached hydrogen (secondary N) is 1. The van der Waals surface area contributed by atoms with Gasteiger partial charge in [0.2, 0.25) is 0 Å². The Balaban J connectivity index is 2.96. The minimum absolute atomic E-state index is 0.189. The van der Waals surface area contributed by atoms with Crippen LogP contribution in [0.1, 0.15) is 12.6 Å². The zero-order valence-corrected chi connectivity index (χ0v) is 6.70. The maximum absolute atomic E-state index is 10.8. The molecule has 0 aliphatic carbocycles. The number of H-pyrrole nitrogens is 1. The molecule has 0 saturated carbocycles. The molecule has 0 radical (unpaired) electrons. The smallest absolute Gasteiger partial charge is 0.325 e. The van der Waals surface area contributed by atoms with Crippen LogP contribution in [0, 0.1) is 0 Å². The van der Waals surface area contributed by atoms with Crippen molar-refractivity contribution in [2.45, 2.75) is 19.9 Å². The molecule has 0 amide bonds. The summed E-state index contributed by atoms with van der Waals surface area (Å²) < 4.78 is 1.34. The molecule has 0 aliphatic heterocycles. The summed E-state index contributed by atoms with van der Waals surface area (Å²) in [6.45, 7) is 1.67. The number of carbonyl (C=O) groups is 1. The van der Waals surface area contributed by atoms with Gasteiger partial charge >= 0.3 is 5.97 Å². The Morgan fingerprint density at radius 2 is 2.42 bits per heavy atom. The van der Waals surface area contributed by atoms with E-state index >= 15 is 0 Å². The van der Waals surface area contributed by atoms with Crippen LogP contribution in [0.2, 0.25) is 0 Å². The van der Waals surface area contributed by atoms with E-state index in [9.17, 15) is 9.59 Å². The van der Waals surface area contributed by atoms with E-state index in [0.29, 0.717) is 12.1 Å². The Morgan fingerprint density at radius 3 is 2.92 bits per heavy atom. The number of aryl methyl sites for hydroxylation is 1. The van der Waals surface area contributed by atoms with E-state index in [4.69, 9.17) is 5.11 Å². The van der Waals surface area contributed by atoms with Crippen molar-refractivity contribution < 1.29 is 9.90 Å².